The van der Waals surface area contributed by atoms with Crippen LogP contribution < -0.4 is 0 Å². The molecule has 0 fully saturated rings. The van der Waals surface area contributed by atoms with E-state index in [0.717, 1.165) is 0 Å². The first kappa shape index (κ1) is 17.2. The molecule has 2 aromatic carbocycles. The van der Waals surface area contributed by atoms with Crippen molar-refractivity contribution in [2.75, 3.05) is 0 Å². The summed E-state index contributed by atoms with van der Waals surface area (Å²) in [7, 11) is 0. The summed E-state index contributed by atoms with van der Waals surface area (Å²) in [6.45, 7) is 2.39. The van der Waals surface area contributed by atoms with Crippen LogP contribution in [0.1, 0.15) is 66.7 Å². The number of benzene rings is 2. The topological polar surface area (TPSA) is 0 Å². The Labute approximate surface area is 166 Å². The molecule has 0 radical (unpaired) electrons. The van der Waals surface area contributed by atoms with Crippen molar-refractivity contribution < 1.29 is 24.7 Å². The Kier molecular flexibility index (Phi) is 4.96. The van der Waals surface area contributed by atoms with Crippen molar-refractivity contribution in [3.63, 3.8) is 0 Å². The average Bonchev–Trinajstić information content (AvgIpc) is 3.25. The predicted molar refractivity (Wildman–Crippen MR) is 103 cm³/mol. The van der Waals surface area contributed by atoms with Crippen LogP contribution in [0.4, 0.5) is 0 Å². The van der Waals surface area contributed by atoms with Gasteiger partial charge in [0.05, 0.1) is 0 Å². The molecule has 2 aromatic rings. The predicted octanol–water partition coefficient (Wildman–Crippen LogP) is 6.89. The summed E-state index contributed by atoms with van der Waals surface area (Å²) in [5.41, 5.74) is 5.91. The van der Waals surface area contributed by atoms with Crippen LogP contribution >= 0.6 is 0 Å². The van der Waals surface area contributed by atoms with Gasteiger partial charge in [0.2, 0.25) is 0 Å². The van der Waals surface area contributed by atoms with E-state index in [4.69, 9.17) is 0 Å². The fourth-order valence-electron chi connectivity index (χ4n) is 4.35. The Morgan fingerprint density at radius 3 is 2.04 bits per heavy atom. The molecule has 0 aromatic heterocycles. The second-order valence-electron chi connectivity index (χ2n) is 7.57. The van der Waals surface area contributed by atoms with Crippen LogP contribution in [0, 0.1) is 0 Å². The molecule has 0 heterocycles. The van der Waals surface area contributed by atoms with Crippen molar-refractivity contribution in [2.24, 2.45) is 0 Å². The van der Waals surface area contributed by atoms with Gasteiger partial charge in [0, 0.05) is 0 Å². The maximum atomic E-state index is 2.43. The third-order valence-electron chi connectivity index (χ3n) is 6.03. The first-order chi connectivity index (χ1) is 12.2. The van der Waals surface area contributed by atoms with Crippen LogP contribution in [0.5, 0.6) is 0 Å². The van der Waals surface area contributed by atoms with E-state index in [1.165, 1.54) is 47.9 Å². The molecule has 0 saturated carbocycles. The van der Waals surface area contributed by atoms with Crippen molar-refractivity contribution in [1.29, 1.82) is 0 Å². The number of rotatable bonds is 6. The van der Waals surface area contributed by atoms with E-state index in [1.54, 1.807) is 24.7 Å². The van der Waals surface area contributed by atoms with Gasteiger partial charge >= 0.3 is 167 Å². The van der Waals surface area contributed by atoms with Gasteiger partial charge in [-0.2, -0.15) is 0 Å². The number of hydrogen-bond donors (Lipinski definition) is 0. The number of fused-ring (bicyclic) bond motifs is 2. The van der Waals surface area contributed by atoms with Crippen molar-refractivity contribution in [3.8, 4) is 0 Å². The summed E-state index contributed by atoms with van der Waals surface area (Å²) in [6, 6.07) is 17.8. The van der Waals surface area contributed by atoms with Crippen LogP contribution in [0.3, 0.4) is 0 Å². The molecule has 1 heteroatoms. The third kappa shape index (κ3) is 3.54. The van der Waals surface area contributed by atoms with E-state index in [1.807, 2.05) is 0 Å². The van der Waals surface area contributed by atoms with Crippen molar-refractivity contribution in [3.05, 3.63) is 82.9 Å². The van der Waals surface area contributed by atoms with Crippen LogP contribution in [-0.2, 0) is 24.7 Å². The standard InChI is InChI=1S/C24H25.Zr/c1-2-18(17-22-16-15-20-8-4-6-10-24(20)22)11-12-21-14-13-19-7-3-5-9-23(19)21;/h3-10,13-16,21-22H,2,11-12,17H2,1H3;. The molecular formula is C24H25Zr. The second-order valence-corrected chi connectivity index (χ2v) is 10.2. The molecule has 0 spiro atoms. The van der Waals surface area contributed by atoms with Gasteiger partial charge in [0.25, 0.3) is 0 Å². The minimum absolute atomic E-state index is 0.491. The molecule has 0 amide bonds. The van der Waals surface area contributed by atoms with Crippen molar-refractivity contribution in [2.45, 2.75) is 47.6 Å². The Balaban J connectivity index is 1.44. The van der Waals surface area contributed by atoms with E-state index in [-0.39, 0.29) is 0 Å². The first-order valence-electron chi connectivity index (χ1n) is 9.48. The van der Waals surface area contributed by atoms with Gasteiger partial charge in [-0.25, -0.2) is 0 Å². The average molecular weight is 405 g/mol. The van der Waals surface area contributed by atoms with Crippen LogP contribution in [-0.4, -0.2) is 0 Å². The van der Waals surface area contributed by atoms with Gasteiger partial charge in [0.15, 0.2) is 0 Å². The van der Waals surface area contributed by atoms with Gasteiger partial charge in [-0.05, 0) is 0 Å². The second kappa shape index (κ2) is 7.20. The summed E-state index contributed by atoms with van der Waals surface area (Å²) in [5, 5.41) is 0. The molecule has 0 N–H and O–H groups in total. The Hall–Kier alpha value is -1.20. The zero-order valence-corrected chi connectivity index (χ0v) is 17.4. The Morgan fingerprint density at radius 1 is 0.840 bits per heavy atom. The maximum absolute atomic E-state index is 2.43. The summed E-state index contributed by atoms with van der Waals surface area (Å²) >= 11 is 1.70. The van der Waals surface area contributed by atoms with Crippen molar-refractivity contribution in [1.82, 2.24) is 0 Å². The summed E-state index contributed by atoms with van der Waals surface area (Å²) in [4.78, 5) is 0. The van der Waals surface area contributed by atoms with E-state index >= 15 is 0 Å². The number of allylic oxidation sites excluding steroid dienone is 2. The van der Waals surface area contributed by atoms with Gasteiger partial charge in [-0.1, -0.05) is 0 Å². The molecule has 25 heavy (non-hydrogen) atoms. The van der Waals surface area contributed by atoms with E-state index in [2.05, 4.69) is 79.8 Å². The quantitative estimate of drug-likeness (QED) is 0.491. The minimum atomic E-state index is 0.491. The van der Waals surface area contributed by atoms with Gasteiger partial charge in [0.1, 0.15) is 0 Å². The fourth-order valence-corrected chi connectivity index (χ4v) is 5.25. The molecule has 125 valence electrons. The molecule has 3 unspecified atom stereocenters. The normalized spacial score (nSPS) is 22.6. The van der Waals surface area contributed by atoms with Crippen LogP contribution in [0.2, 0.25) is 3.12 Å². The van der Waals surface area contributed by atoms with Gasteiger partial charge in [-0.15, -0.1) is 0 Å². The Bertz CT molecular complexity index is 816. The zero-order chi connectivity index (χ0) is 17.3. The zero-order valence-electron chi connectivity index (χ0n) is 14.9. The SMILES string of the molecule is CC[C]([Zr])(CCC1C=Cc2ccccc21)CC1C=Cc2ccccc21. The molecule has 0 nitrogen and oxygen atoms in total. The molecule has 3 atom stereocenters. The molecule has 2 aliphatic carbocycles. The van der Waals surface area contributed by atoms with Gasteiger partial charge in [-0.3, -0.25) is 0 Å². The molecule has 2 aliphatic rings. The third-order valence-corrected chi connectivity index (χ3v) is 8.01. The van der Waals surface area contributed by atoms with E-state index in [0.29, 0.717) is 15.0 Å². The molecule has 0 bridgehead atoms. The molecule has 4 rings (SSSR count). The summed E-state index contributed by atoms with van der Waals surface area (Å²) in [5.74, 6) is 1.23. The monoisotopic (exact) mass is 403 g/mol. The summed E-state index contributed by atoms with van der Waals surface area (Å²) < 4.78 is 0.491. The van der Waals surface area contributed by atoms with Crippen molar-refractivity contribution >= 4 is 12.2 Å². The van der Waals surface area contributed by atoms with E-state index < -0.39 is 0 Å². The molecular weight excluding hydrogens is 379 g/mol. The van der Waals surface area contributed by atoms with Crippen LogP contribution in [0.15, 0.2) is 60.7 Å². The fraction of sp³-hybridized carbons (Fsp3) is 0.333. The van der Waals surface area contributed by atoms with Crippen LogP contribution in [0.25, 0.3) is 12.2 Å². The summed E-state index contributed by atoms with van der Waals surface area (Å²) in [6.07, 6.45) is 14.7. The first-order valence-corrected chi connectivity index (χ1v) is 10.7. The van der Waals surface area contributed by atoms with Gasteiger partial charge < -0.3 is 0 Å². The Morgan fingerprint density at radius 2 is 1.40 bits per heavy atom. The number of hydrogen-bond acceptors (Lipinski definition) is 0. The molecule has 0 aliphatic heterocycles. The van der Waals surface area contributed by atoms with E-state index in [9.17, 15) is 0 Å². The molecule has 0 saturated heterocycles.